The van der Waals surface area contributed by atoms with Gasteiger partial charge in [-0.2, -0.15) is 13.2 Å². The Labute approximate surface area is 151 Å². The van der Waals surface area contributed by atoms with Crippen LogP contribution in [0.15, 0.2) is 48.5 Å². The van der Waals surface area contributed by atoms with E-state index in [0.717, 1.165) is 23.7 Å². The Hall–Kier alpha value is -2.34. The molecule has 2 aromatic rings. The van der Waals surface area contributed by atoms with E-state index >= 15 is 0 Å². The maximum Gasteiger partial charge on any atom is 0.416 e. The lowest BCUT2D eigenvalue weighted by atomic mass is 10.1. The summed E-state index contributed by atoms with van der Waals surface area (Å²) in [4.78, 5) is 16.0. The lowest BCUT2D eigenvalue weighted by molar-refractivity contribution is -0.138. The zero-order valence-corrected chi connectivity index (χ0v) is 14.6. The lowest BCUT2D eigenvalue weighted by Crippen LogP contribution is -2.32. The van der Waals surface area contributed by atoms with E-state index in [2.05, 4.69) is 0 Å². The second-order valence-electron chi connectivity index (χ2n) is 6.57. The molecule has 0 radical (unpaired) electrons. The van der Waals surface area contributed by atoms with Crippen LogP contribution in [-0.4, -0.2) is 30.9 Å². The molecule has 0 saturated carbocycles. The molecule has 0 N–H and O–H groups in total. The molecule has 0 fully saturated rings. The van der Waals surface area contributed by atoms with Crippen LogP contribution < -0.4 is 4.90 Å². The van der Waals surface area contributed by atoms with Gasteiger partial charge in [0.25, 0.3) is 0 Å². The molecule has 1 heterocycles. The molecular formula is C20H21F3N2O. The SMILES string of the molecule is CN(CCC(=O)N1CCc2ccccc21)Cc1ccccc1C(F)(F)F. The topological polar surface area (TPSA) is 23.6 Å². The molecule has 138 valence electrons. The summed E-state index contributed by atoms with van der Waals surface area (Å²) in [7, 11) is 1.73. The minimum absolute atomic E-state index is 0.00547. The van der Waals surface area contributed by atoms with Gasteiger partial charge >= 0.3 is 6.18 Å². The predicted molar refractivity (Wildman–Crippen MR) is 94.9 cm³/mol. The van der Waals surface area contributed by atoms with Crippen LogP contribution in [0.4, 0.5) is 18.9 Å². The summed E-state index contributed by atoms with van der Waals surface area (Å²) in [5.41, 5.74) is 1.71. The van der Waals surface area contributed by atoms with E-state index in [0.29, 0.717) is 13.1 Å². The number of benzene rings is 2. The van der Waals surface area contributed by atoms with Crippen molar-refractivity contribution in [1.29, 1.82) is 0 Å². The van der Waals surface area contributed by atoms with Crippen molar-refractivity contribution in [2.24, 2.45) is 0 Å². The molecule has 6 heteroatoms. The summed E-state index contributed by atoms with van der Waals surface area (Å²) >= 11 is 0. The first-order valence-corrected chi connectivity index (χ1v) is 8.58. The van der Waals surface area contributed by atoms with Gasteiger partial charge in [0.1, 0.15) is 0 Å². The minimum atomic E-state index is -4.37. The van der Waals surface area contributed by atoms with Gasteiger partial charge in [-0.25, -0.2) is 0 Å². The molecule has 3 rings (SSSR count). The number of halogens is 3. The third-order valence-corrected chi connectivity index (χ3v) is 4.66. The fourth-order valence-corrected chi connectivity index (χ4v) is 3.32. The fraction of sp³-hybridized carbons (Fsp3) is 0.350. The number of carbonyl (C=O) groups excluding carboxylic acids is 1. The molecule has 0 atom stereocenters. The Morgan fingerprint density at radius 3 is 2.58 bits per heavy atom. The van der Waals surface area contributed by atoms with Gasteiger partial charge < -0.3 is 9.80 Å². The summed E-state index contributed by atoms with van der Waals surface area (Å²) in [6.07, 6.45) is -3.25. The van der Waals surface area contributed by atoms with Crippen molar-refractivity contribution in [3.8, 4) is 0 Å². The molecule has 3 nitrogen and oxygen atoms in total. The Kier molecular flexibility index (Phi) is 5.32. The van der Waals surface area contributed by atoms with Crippen LogP contribution in [0, 0.1) is 0 Å². The van der Waals surface area contributed by atoms with Crippen LogP contribution in [0.2, 0.25) is 0 Å². The molecule has 0 aliphatic carbocycles. The first-order chi connectivity index (χ1) is 12.4. The summed E-state index contributed by atoms with van der Waals surface area (Å²) in [6, 6.07) is 13.4. The predicted octanol–water partition coefficient (Wildman–Crippen LogP) is 4.12. The van der Waals surface area contributed by atoms with Crippen molar-refractivity contribution < 1.29 is 18.0 Å². The maximum atomic E-state index is 13.1. The Morgan fingerprint density at radius 1 is 1.12 bits per heavy atom. The van der Waals surface area contributed by atoms with Gasteiger partial charge in [-0.3, -0.25) is 4.79 Å². The van der Waals surface area contributed by atoms with Crippen molar-refractivity contribution in [1.82, 2.24) is 4.90 Å². The Morgan fingerprint density at radius 2 is 1.81 bits per heavy atom. The minimum Gasteiger partial charge on any atom is -0.312 e. The summed E-state index contributed by atoms with van der Waals surface area (Å²) in [5.74, 6) is 0.00547. The molecule has 1 amide bonds. The fourth-order valence-electron chi connectivity index (χ4n) is 3.32. The van der Waals surface area contributed by atoms with Gasteiger partial charge in [-0.15, -0.1) is 0 Å². The van der Waals surface area contributed by atoms with Crippen LogP contribution in [-0.2, 0) is 23.9 Å². The number of nitrogens with zero attached hydrogens (tertiary/aromatic N) is 2. The van der Waals surface area contributed by atoms with Gasteiger partial charge in [-0.1, -0.05) is 36.4 Å². The number of hydrogen-bond donors (Lipinski definition) is 0. The smallest absolute Gasteiger partial charge is 0.312 e. The average Bonchev–Trinajstić information content (AvgIpc) is 3.03. The number of hydrogen-bond acceptors (Lipinski definition) is 2. The zero-order valence-electron chi connectivity index (χ0n) is 14.6. The molecule has 1 aliphatic rings. The first-order valence-electron chi connectivity index (χ1n) is 8.58. The molecule has 26 heavy (non-hydrogen) atoms. The molecule has 2 aromatic carbocycles. The summed E-state index contributed by atoms with van der Waals surface area (Å²) < 4.78 is 39.2. The molecule has 0 unspecified atom stereocenters. The Balaban J connectivity index is 1.59. The highest BCUT2D eigenvalue weighted by Gasteiger charge is 2.33. The van der Waals surface area contributed by atoms with Crippen molar-refractivity contribution in [2.45, 2.75) is 25.6 Å². The molecule has 0 spiro atoms. The van der Waals surface area contributed by atoms with Crippen molar-refractivity contribution >= 4 is 11.6 Å². The third kappa shape index (κ3) is 4.07. The van der Waals surface area contributed by atoms with Crippen LogP contribution in [0.25, 0.3) is 0 Å². The largest absolute Gasteiger partial charge is 0.416 e. The summed E-state index contributed by atoms with van der Waals surface area (Å²) in [6.45, 7) is 1.22. The first kappa shape index (κ1) is 18.5. The van der Waals surface area contributed by atoms with Gasteiger partial charge in [0, 0.05) is 31.7 Å². The summed E-state index contributed by atoms with van der Waals surface area (Å²) in [5, 5.41) is 0. The van der Waals surface area contributed by atoms with Crippen molar-refractivity contribution in [3.05, 3.63) is 65.2 Å². The van der Waals surface area contributed by atoms with Crippen molar-refractivity contribution in [2.75, 3.05) is 25.0 Å². The molecule has 1 aliphatic heterocycles. The molecule has 0 aromatic heterocycles. The molecule has 0 saturated heterocycles. The quantitative estimate of drug-likeness (QED) is 0.799. The van der Waals surface area contributed by atoms with Crippen LogP contribution >= 0.6 is 0 Å². The molecule has 0 bridgehead atoms. The molecular weight excluding hydrogens is 341 g/mol. The number of amides is 1. The van der Waals surface area contributed by atoms with Crippen molar-refractivity contribution in [3.63, 3.8) is 0 Å². The highest BCUT2D eigenvalue weighted by atomic mass is 19.4. The van der Waals surface area contributed by atoms with E-state index in [4.69, 9.17) is 0 Å². The zero-order chi connectivity index (χ0) is 18.7. The second kappa shape index (κ2) is 7.50. The normalized spacial score (nSPS) is 14.0. The number of carbonyl (C=O) groups is 1. The highest BCUT2D eigenvalue weighted by Crippen LogP contribution is 2.32. The number of para-hydroxylation sites is 1. The third-order valence-electron chi connectivity index (χ3n) is 4.66. The standard InChI is InChI=1S/C20H21F3N2O/c1-24(14-16-7-2-4-8-17(16)20(21,22)23)12-11-19(26)25-13-10-15-6-3-5-9-18(15)25/h2-9H,10-14H2,1H3. The number of rotatable bonds is 5. The highest BCUT2D eigenvalue weighted by molar-refractivity contribution is 5.95. The van der Waals surface area contributed by atoms with Crippen LogP contribution in [0.1, 0.15) is 23.1 Å². The number of anilines is 1. The number of alkyl halides is 3. The maximum absolute atomic E-state index is 13.1. The van der Waals surface area contributed by atoms with E-state index in [1.807, 2.05) is 24.3 Å². The van der Waals surface area contributed by atoms with E-state index in [9.17, 15) is 18.0 Å². The van der Waals surface area contributed by atoms with E-state index in [-0.39, 0.29) is 24.4 Å². The van der Waals surface area contributed by atoms with Gasteiger partial charge in [0.05, 0.1) is 5.56 Å². The van der Waals surface area contributed by atoms with Gasteiger partial charge in [0.2, 0.25) is 5.91 Å². The van der Waals surface area contributed by atoms with E-state index < -0.39 is 11.7 Å². The number of fused-ring (bicyclic) bond motifs is 1. The Bertz CT molecular complexity index is 789. The van der Waals surface area contributed by atoms with Gasteiger partial charge in [0.15, 0.2) is 0 Å². The second-order valence-corrected chi connectivity index (χ2v) is 6.57. The average molecular weight is 362 g/mol. The van der Waals surface area contributed by atoms with E-state index in [1.165, 1.54) is 12.1 Å². The van der Waals surface area contributed by atoms with Crippen LogP contribution in [0.3, 0.4) is 0 Å². The van der Waals surface area contributed by atoms with E-state index in [1.54, 1.807) is 22.9 Å². The van der Waals surface area contributed by atoms with Gasteiger partial charge in [-0.05, 0) is 36.7 Å². The monoisotopic (exact) mass is 362 g/mol. The van der Waals surface area contributed by atoms with Crippen LogP contribution in [0.5, 0.6) is 0 Å². The lowest BCUT2D eigenvalue weighted by Gasteiger charge is -2.22.